The normalized spacial score (nSPS) is 12.7. The van der Waals surface area contributed by atoms with Crippen LogP contribution in [0.25, 0.3) is 0 Å². The van der Waals surface area contributed by atoms with Gasteiger partial charge in [-0.3, -0.25) is 4.79 Å². The zero-order chi connectivity index (χ0) is 16.2. The molecule has 0 fully saturated rings. The van der Waals surface area contributed by atoms with Gasteiger partial charge < -0.3 is 19.9 Å². The number of methoxy groups -OCH3 is 1. The molecule has 1 unspecified atom stereocenters. The molecule has 21 heavy (non-hydrogen) atoms. The molecular weight excluding hydrogens is 338 g/mol. The van der Waals surface area contributed by atoms with Crippen LogP contribution in [0.15, 0.2) is 16.6 Å². The van der Waals surface area contributed by atoms with Crippen molar-refractivity contribution in [2.24, 2.45) is 0 Å². The summed E-state index contributed by atoms with van der Waals surface area (Å²) < 4.78 is 11.6. The lowest BCUT2D eigenvalue weighted by molar-refractivity contribution is -0.128. The average Bonchev–Trinajstić information content (AvgIpc) is 2.38. The molecule has 0 spiro atoms. The topological polar surface area (TPSA) is 67.8 Å². The number of ether oxygens (including phenoxy) is 2. The molecule has 6 heteroatoms. The van der Waals surface area contributed by atoms with Crippen LogP contribution in [0.3, 0.4) is 0 Å². The highest BCUT2D eigenvalue weighted by Gasteiger charge is 2.23. The summed E-state index contributed by atoms with van der Waals surface area (Å²) in [6.45, 7) is 7.29. The van der Waals surface area contributed by atoms with Crippen LogP contribution in [0.2, 0.25) is 0 Å². The summed E-state index contributed by atoms with van der Waals surface area (Å²) in [4.78, 5) is 12.1. The molecule has 1 rings (SSSR count). The molecule has 0 radical (unpaired) electrons. The van der Waals surface area contributed by atoms with Gasteiger partial charge in [0, 0.05) is 5.54 Å². The van der Waals surface area contributed by atoms with Crippen LogP contribution < -0.4 is 14.8 Å². The van der Waals surface area contributed by atoms with Gasteiger partial charge in [-0.15, -0.1) is 0 Å². The first-order valence-corrected chi connectivity index (χ1v) is 7.43. The fourth-order valence-corrected chi connectivity index (χ4v) is 2.26. The Hall–Kier alpha value is -1.27. The van der Waals surface area contributed by atoms with Gasteiger partial charge in [-0.05, 0) is 61.3 Å². The van der Waals surface area contributed by atoms with E-state index in [-0.39, 0.29) is 18.1 Å². The maximum Gasteiger partial charge on any atom is 0.261 e. The summed E-state index contributed by atoms with van der Waals surface area (Å²) in [5, 5.41) is 12.0. The molecule has 0 saturated heterocycles. The number of rotatable bonds is 5. The van der Waals surface area contributed by atoms with E-state index in [1.807, 2.05) is 20.8 Å². The predicted octanol–water partition coefficient (Wildman–Crippen LogP) is 2.63. The fourth-order valence-electron chi connectivity index (χ4n) is 1.68. The van der Waals surface area contributed by atoms with Crippen molar-refractivity contribution < 1.29 is 19.4 Å². The minimum atomic E-state index is -0.672. The Morgan fingerprint density at radius 2 is 2.05 bits per heavy atom. The number of hydrogen-bond acceptors (Lipinski definition) is 4. The number of carbonyl (C=O) groups is 1. The predicted molar refractivity (Wildman–Crippen MR) is 84.6 cm³/mol. The molecule has 0 aromatic heterocycles. The Bertz CT molecular complexity index is 511. The third-order valence-corrected chi connectivity index (χ3v) is 3.22. The highest BCUT2D eigenvalue weighted by atomic mass is 79.9. The zero-order valence-corrected chi connectivity index (χ0v) is 14.6. The van der Waals surface area contributed by atoms with E-state index >= 15 is 0 Å². The first kappa shape index (κ1) is 17.8. The summed E-state index contributed by atoms with van der Waals surface area (Å²) in [7, 11) is 1.51. The highest BCUT2D eigenvalue weighted by Crippen LogP contribution is 2.37. The van der Waals surface area contributed by atoms with Crippen molar-refractivity contribution in [1.29, 1.82) is 0 Å². The molecule has 0 heterocycles. The van der Waals surface area contributed by atoms with Crippen molar-refractivity contribution in [2.75, 3.05) is 7.11 Å². The Morgan fingerprint density at radius 3 is 2.52 bits per heavy atom. The van der Waals surface area contributed by atoms with E-state index < -0.39 is 6.10 Å². The molecule has 1 atom stereocenters. The molecule has 1 amide bonds. The minimum absolute atomic E-state index is 0.102. The van der Waals surface area contributed by atoms with Crippen LogP contribution in [0.4, 0.5) is 0 Å². The number of hydrogen-bond donors (Lipinski definition) is 2. The zero-order valence-electron chi connectivity index (χ0n) is 13.0. The number of amides is 1. The van der Waals surface area contributed by atoms with Gasteiger partial charge in [0.15, 0.2) is 17.6 Å². The van der Waals surface area contributed by atoms with Gasteiger partial charge in [-0.1, -0.05) is 0 Å². The smallest absolute Gasteiger partial charge is 0.261 e. The first-order chi connectivity index (χ1) is 9.67. The van der Waals surface area contributed by atoms with Crippen LogP contribution in [-0.2, 0) is 11.4 Å². The minimum Gasteiger partial charge on any atom is -0.493 e. The van der Waals surface area contributed by atoms with E-state index in [1.54, 1.807) is 19.1 Å². The van der Waals surface area contributed by atoms with E-state index in [0.717, 1.165) is 0 Å². The SMILES string of the molecule is COc1cc(CO)cc(Br)c1OC(C)C(=O)NC(C)(C)C. The van der Waals surface area contributed by atoms with Crippen LogP contribution in [0.1, 0.15) is 33.3 Å². The third-order valence-electron chi connectivity index (χ3n) is 2.63. The molecule has 1 aromatic rings. The van der Waals surface area contributed by atoms with E-state index in [4.69, 9.17) is 9.47 Å². The van der Waals surface area contributed by atoms with Crippen LogP contribution in [-0.4, -0.2) is 29.8 Å². The van der Waals surface area contributed by atoms with Gasteiger partial charge in [-0.25, -0.2) is 0 Å². The maximum atomic E-state index is 12.1. The molecule has 118 valence electrons. The second-order valence-corrected chi connectivity index (χ2v) is 6.62. The molecular formula is C15H22BrNO4. The standard InChI is InChI=1S/C15H22BrNO4/c1-9(14(19)17-15(2,3)4)21-13-11(16)6-10(8-18)7-12(13)20-5/h6-7,9,18H,8H2,1-5H3,(H,17,19). The summed E-state index contributed by atoms with van der Waals surface area (Å²) >= 11 is 3.37. The number of aliphatic hydroxyl groups is 1. The molecule has 0 aliphatic rings. The Morgan fingerprint density at radius 1 is 1.43 bits per heavy atom. The van der Waals surface area contributed by atoms with Crippen molar-refractivity contribution in [3.63, 3.8) is 0 Å². The average molecular weight is 360 g/mol. The lowest BCUT2D eigenvalue weighted by atomic mass is 10.1. The van der Waals surface area contributed by atoms with E-state index in [1.165, 1.54) is 7.11 Å². The lowest BCUT2D eigenvalue weighted by Crippen LogP contribution is -2.46. The number of aliphatic hydroxyl groups excluding tert-OH is 1. The number of nitrogens with one attached hydrogen (secondary N) is 1. The Kier molecular flexibility index (Phi) is 6.04. The molecule has 0 aliphatic heterocycles. The molecule has 0 bridgehead atoms. The van der Waals surface area contributed by atoms with Crippen LogP contribution in [0, 0.1) is 0 Å². The monoisotopic (exact) mass is 359 g/mol. The number of halogens is 1. The lowest BCUT2D eigenvalue weighted by Gasteiger charge is -2.24. The molecule has 2 N–H and O–H groups in total. The van der Waals surface area contributed by atoms with Crippen molar-refractivity contribution in [3.8, 4) is 11.5 Å². The van der Waals surface area contributed by atoms with Crippen molar-refractivity contribution >= 4 is 21.8 Å². The Balaban J connectivity index is 2.94. The number of carbonyl (C=O) groups excluding carboxylic acids is 1. The van der Waals surface area contributed by atoms with Gasteiger partial charge in [0.05, 0.1) is 18.2 Å². The van der Waals surface area contributed by atoms with Crippen LogP contribution >= 0.6 is 15.9 Å². The van der Waals surface area contributed by atoms with E-state index in [2.05, 4.69) is 21.2 Å². The van der Waals surface area contributed by atoms with E-state index in [9.17, 15) is 9.90 Å². The molecule has 0 aliphatic carbocycles. The third kappa shape index (κ3) is 5.21. The second-order valence-electron chi connectivity index (χ2n) is 5.77. The largest absolute Gasteiger partial charge is 0.493 e. The fraction of sp³-hybridized carbons (Fsp3) is 0.533. The van der Waals surface area contributed by atoms with Gasteiger partial charge in [-0.2, -0.15) is 0 Å². The van der Waals surface area contributed by atoms with Gasteiger partial charge >= 0.3 is 0 Å². The van der Waals surface area contributed by atoms with Crippen molar-refractivity contribution in [3.05, 3.63) is 22.2 Å². The van der Waals surface area contributed by atoms with E-state index in [0.29, 0.717) is 21.5 Å². The second kappa shape index (κ2) is 7.13. The summed E-state index contributed by atoms with van der Waals surface area (Å²) in [5.74, 6) is 0.692. The van der Waals surface area contributed by atoms with Gasteiger partial charge in [0.2, 0.25) is 0 Å². The van der Waals surface area contributed by atoms with Gasteiger partial charge in [0.1, 0.15) is 0 Å². The van der Waals surface area contributed by atoms with Gasteiger partial charge in [0.25, 0.3) is 5.91 Å². The summed E-state index contributed by atoms with van der Waals surface area (Å²) in [5.41, 5.74) is 0.370. The van der Waals surface area contributed by atoms with Crippen molar-refractivity contribution in [1.82, 2.24) is 5.32 Å². The summed E-state index contributed by atoms with van der Waals surface area (Å²) in [6, 6.07) is 3.40. The Labute approximate surface area is 133 Å². The highest BCUT2D eigenvalue weighted by molar-refractivity contribution is 9.10. The molecule has 5 nitrogen and oxygen atoms in total. The maximum absolute atomic E-state index is 12.1. The quantitative estimate of drug-likeness (QED) is 0.847. The van der Waals surface area contributed by atoms with Crippen LogP contribution in [0.5, 0.6) is 11.5 Å². The molecule has 0 saturated carbocycles. The number of benzene rings is 1. The summed E-state index contributed by atoms with van der Waals surface area (Å²) in [6.07, 6.45) is -0.672. The van der Waals surface area contributed by atoms with Crippen molar-refractivity contribution in [2.45, 2.75) is 45.9 Å². The first-order valence-electron chi connectivity index (χ1n) is 6.64. The molecule has 1 aromatic carbocycles.